The molecule has 0 aliphatic carbocycles. The van der Waals surface area contributed by atoms with Gasteiger partial charge in [-0.15, -0.1) is 0 Å². The molecular weight excluding hydrogens is 340 g/mol. The molecule has 0 aliphatic heterocycles. The Morgan fingerprint density at radius 1 is 0.480 bits per heavy atom. The molecule has 2 aromatic carbocycles. The zero-order valence-electron chi connectivity index (χ0n) is 17.9. The number of aryl methyl sites for hydroxylation is 2. The fourth-order valence-electron chi connectivity index (χ4n) is 3.09. The molecule has 0 amide bonds. The molecule has 0 saturated heterocycles. The quantitative estimate of drug-likeness (QED) is 0.491. The van der Waals surface area contributed by atoms with Gasteiger partial charge in [0.2, 0.25) is 0 Å². The molecule has 0 unspecified atom stereocenters. The zero-order chi connectivity index (χ0) is 19.5. The Kier molecular flexibility index (Phi) is 8.15. The van der Waals surface area contributed by atoms with E-state index in [0.717, 1.165) is 0 Å². The van der Waals surface area contributed by atoms with Crippen LogP contribution in [0.2, 0.25) is 0 Å². The predicted octanol–water partition coefficient (Wildman–Crippen LogP) is 7.83. The lowest BCUT2D eigenvalue weighted by Crippen LogP contribution is -1.97. The number of benzene rings is 2. The third-order valence-corrected chi connectivity index (χ3v) is 7.78. The van der Waals surface area contributed by atoms with Crippen LogP contribution in [0.15, 0.2) is 11.0 Å². The smallest absolute Gasteiger partial charge is 0.0246 e. The Balaban J connectivity index is 0.000000257. The summed E-state index contributed by atoms with van der Waals surface area (Å²) in [6.07, 6.45) is 2.13. The molecule has 0 aliphatic rings. The van der Waals surface area contributed by atoms with Gasteiger partial charge in [0.25, 0.3) is 0 Å². The van der Waals surface area contributed by atoms with Gasteiger partial charge in [0.05, 0.1) is 0 Å². The average molecular weight is 375 g/mol. The topological polar surface area (TPSA) is 0 Å². The maximum atomic E-state index is 2.26. The van der Waals surface area contributed by atoms with E-state index < -0.39 is 0 Å². The van der Waals surface area contributed by atoms with Crippen molar-refractivity contribution in [3.63, 3.8) is 0 Å². The molecule has 25 heavy (non-hydrogen) atoms. The second kappa shape index (κ2) is 9.19. The van der Waals surface area contributed by atoms with Gasteiger partial charge in [-0.3, -0.25) is 0 Å². The summed E-state index contributed by atoms with van der Waals surface area (Å²) < 4.78 is 0. The Labute approximate surface area is 163 Å². The molecule has 0 saturated carbocycles. The van der Waals surface area contributed by atoms with E-state index in [0.29, 0.717) is 0 Å². The summed E-state index contributed by atoms with van der Waals surface area (Å²) in [6.45, 7) is 22.1. The highest BCUT2D eigenvalue weighted by atomic mass is 33.1. The van der Waals surface area contributed by atoms with Gasteiger partial charge in [-0.1, -0.05) is 27.7 Å². The van der Waals surface area contributed by atoms with Crippen molar-refractivity contribution in [1.29, 1.82) is 0 Å². The van der Waals surface area contributed by atoms with E-state index in [-0.39, 0.29) is 0 Å². The van der Waals surface area contributed by atoms with Crippen molar-refractivity contribution >= 4 is 21.6 Å². The van der Waals surface area contributed by atoms with Gasteiger partial charge >= 0.3 is 0 Å². The Hall–Kier alpha value is -0.860. The highest BCUT2D eigenvalue weighted by molar-refractivity contribution is 8.76. The highest BCUT2D eigenvalue weighted by Gasteiger charge is 2.11. The fourth-order valence-corrected chi connectivity index (χ4v) is 5.06. The van der Waals surface area contributed by atoms with Crippen molar-refractivity contribution in [3.8, 4) is 0 Å². The van der Waals surface area contributed by atoms with Crippen LogP contribution < -0.4 is 0 Å². The summed E-state index contributed by atoms with van der Waals surface area (Å²) in [5.41, 5.74) is 14.4. The first-order chi connectivity index (χ1) is 11.5. The lowest BCUT2D eigenvalue weighted by Gasteiger charge is -2.17. The van der Waals surface area contributed by atoms with Gasteiger partial charge < -0.3 is 0 Å². The first-order valence-electron chi connectivity index (χ1n) is 8.86. The monoisotopic (exact) mass is 374 g/mol. The Morgan fingerprint density at radius 3 is 1.16 bits per heavy atom. The molecule has 0 radical (unpaired) electrons. The normalized spacial score (nSPS) is 10.5. The van der Waals surface area contributed by atoms with E-state index in [9.17, 15) is 0 Å². The van der Waals surface area contributed by atoms with Crippen LogP contribution in [0.25, 0.3) is 0 Å². The van der Waals surface area contributed by atoms with Crippen molar-refractivity contribution in [2.45, 2.75) is 74.1 Å². The van der Waals surface area contributed by atoms with Crippen LogP contribution in [-0.2, 0) is 0 Å². The molecule has 0 heterocycles. The summed E-state index contributed by atoms with van der Waals surface area (Å²) in [5, 5.41) is 0. The van der Waals surface area contributed by atoms with Gasteiger partial charge in [0, 0.05) is 4.90 Å². The predicted molar refractivity (Wildman–Crippen MR) is 120 cm³/mol. The Bertz CT molecular complexity index is 715. The molecule has 0 aromatic heterocycles. The van der Waals surface area contributed by atoms with E-state index in [2.05, 4.69) is 81.6 Å². The molecule has 0 atom stereocenters. The van der Waals surface area contributed by atoms with Crippen molar-refractivity contribution in [1.82, 2.24) is 0 Å². The van der Waals surface area contributed by atoms with Crippen molar-refractivity contribution in [2.24, 2.45) is 0 Å². The number of rotatable bonds is 2. The van der Waals surface area contributed by atoms with Crippen molar-refractivity contribution in [2.75, 3.05) is 6.26 Å². The zero-order valence-corrected chi connectivity index (χ0v) is 19.5. The summed E-state index contributed by atoms with van der Waals surface area (Å²) in [4.78, 5) is 1.46. The molecule has 2 heteroatoms. The van der Waals surface area contributed by atoms with Gasteiger partial charge in [0.15, 0.2) is 0 Å². The van der Waals surface area contributed by atoms with Crippen LogP contribution in [0.4, 0.5) is 0 Å². The van der Waals surface area contributed by atoms with E-state index >= 15 is 0 Å². The van der Waals surface area contributed by atoms with Crippen LogP contribution in [-0.4, -0.2) is 6.26 Å². The second-order valence-corrected chi connectivity index (χ2v) is 9.50. The maximum absolute atomic E-state index is 2.26. The lowest BCUT2D eigenvalue weighted by atomic mass is 9.95. The van der Waals surface area contributed by atoms with Gasteiger partial charge in [-0.25, -0.2) is 0 Å². The van der Waals surface area contributed by atoms with Crippen molar-refractivity contribution in [3.05, 3.63) is 61.7 Å². The van der Waals surface area contributed by atoms with E-state index in [1.807, 2.05) is 21.6 Å². The first-order valence-corrected chi connectivity index (χ1v) is 11.4. The van der Waals surface area contributed by atoms with Gasteiger partial charge in [-0.2, -0.15) is 0 Å². The number of hydrogen-bond donors (Lipinski definition) is 0. The van der Waals surface area contributed by atoms with E-state index in [4.69, 9.17) is 0 Å². The Morgan fingerprint density at radius 2 is 0.800 bits per heavy atom. The summed E-state index contributed by atoms with van der Waals surface area (Å²) in [7, 11) is 3.71. The van der Waals surface area contributed by atoms with Crippen LogP contribution in [0.3, 0.4) is 0 Å². The fraction of sp³-hybridized carbons (Fsp3) is 0.478. The third kappa shape index (κ3) is 4.86. The molecule has 2 aromatic rings. The first kappa shape index (κ1) is 22.2. The summed E-state index contributed by atoms with van der Waals surface area (Å²) in [5.74, 6) is 0. The SMILES string of the molecule is CSSc1c(C)c(C)c(C)c(C)c1C.Cc1cc(C)c(C)c(C)c1C. The lowest BCUT2D eigenvalue weighted by molar-refractivity contribution is 1.10. The molecule has 0 bridgehead atoms. The second-order valence-electron chi connectivity index (χ2n) is 7.09. The summed E-state index contributed by atoms with van der Waals surface area (Å²) >= 11 is 0. The highest BCUT2D eigenvalue weighted by Crippen LogP contribution is 2.38. The molecule has 138 valence electrons. The van der Waals surface area contributed by atoms with Crippen LogP contribution in [0.1, 0.15) is 55.6 Å². The minimum absolute atomic E-state index is 1.41. The molecule has 0 fully saturated rings. The average Bonchev–Trinajstić information content (AvgIpc) is 2.59. The molecule has 0 nitrogen and oxygen atoms in total. The third-order valence-electron chi connectivity index (χ3n) is 5.84. The molecule has 0 spiro atoms. The minimum Gasteiger partial charge on any atom is -0.0924 e. The number of hydrogen-bond acceptors (Lipinski definition) is 2. The molecule has 2 rings (SSSR count). The van der Waals surface area contributed by atoms with Crippen LogP contribution in [0.5, 0.6) is 0 Å². The van der Waals surface area contributed by atoms with Crippen LogP contribution in [0, 0.1) is 69.2 Å². The van der Waals surface area contributed by atoms with E-state index in [1.165, 1.54) is 60.5 Å². The van der Waals surface area contributed by atoms with Gasteiger partial charge in [-0.05, 0) is 131 Å². The summed E-state index contributed by atoms with van der Waals surface area (Å²) in [6, 6.07) is 2.26. The van der Waals surface area contributed by atoms with Crippen molar-refractivity contribution < 1.29 is 0 Å². The van der Waals surface area contributed by atoms with Crippen LogP contribution >= 0.6 is 21.6 Å². The molecule has 0 N–H and O–H groups in total. The van der Waals surface area contributed by atoms with E-state index in [1.54, 1.807) is 0 Å². The standard InChI is InChI=1S/C12H18S2.C11H16/c1-7-8(2)10(4)12(14-13-6)11(5)9(7)3;1-7-6-8(2)10(4)11(5)9(7)3/h1-6H3;6H,1-5H3. The molecular formula is C23H34S2. The minimum atomic E-state index is 1.41. The largest absolute Gasteiger partial charge is 0.0924 e. The maximum Gasteiger partial charge on any atom is 0.0246 e. The van der Waals surface area contributed by atoms with Gasteiger partial charge in [0.1, 0.15) is 0 Å².